The maximum atomic E-state index is 12.5. The highest BCUT2D eigenvalue weighted by Crippen LogP contribution is 2.27. The van der Waals surface area contributed by atoms with Gasteiger partial charge in [-0.2, -0.15) is 0 Å². The van der Waals surface area contributed by atoms with E-state index in [1.165, 1.54) is 6.92 Å². The summed E-state index contributed by atoms with van der Waals surface area (Å²) in [4.78, 5) is 37.5. The fraction of sp³-hybridized carbons (Fsp3) is 0.211. The molecule has 1 saturated heterocycles. The van der Waals surface area contributed by atoms with Crippen LogP contribution in [0, 0.1) is 9.49 Å². The minimum atomic E-state index is -0.392. The van der Waals surface area contributed by atoms with Crippen LogP contribution in [-0.2, 0) is 14.4 Å². The molecule has 1 aliphatic rings. The van der Waals surface area contributed by atoms with Gasteiger partial charge in [-0.15, -0.1) is 0 Å². The summed E-state index contributed by atoms with van der Waals surface area (Å²) >= 11 is 2.20. The summed E-state index contributed by atoms with van der Waals surface area (Å²) in [6.45, 7) is 1.78. The molecule has 3 rings (SSSR count). The van der Waals surface area contributed by atoms with Crippen molar-refractivity contribution >= 4 is 57.4 Å². The predicted octanol–water partition coefficient (Wildman–Crippen LogP) is 3.24. The maximum Gasteiger partial charge on any atom is 0.229 e. The Labute approximate surface area is 165 Å². The molecule has 2 aromatic carbocycles. The van der Waals surface area contributed by atoms with E-state index in [9.17, 15) is 14.4 Å². The van der Waals surface area contributed by atoms with Crippen molar-refractivity contribution in [2.75, 3.05) is 22.1 Å². The second kappa shape index (κ2) is 7.86. The van der Waals surface area contributed by atoms with E-state index in [0.29, 0.717) is 17.9 Å². The highest BCUT2D eigenvalue weighted by Gasteiger charge is 2.35. The number of carbonyl (C=O) groups is 3. The van der Waals surface area contributed by atoms with Crippen LogP contribution in [0.1, 0.15) is 13.3 Å². The zero-order valence-corrected chi connectivity index (χ0v) is 16.3. The molecule has 2 aromatic rings. The Bertz CT molecular complexity index is 834. The molecule has 2 N–H and O–H groups in total. The van der Waals surface area contributed by atoms with E-state index < -0.39 is 5.92 Å². The lowest BCUT2D eigenvalue weighted by molar-refractivity contribution is -0.122. The molecular formula is C19H18IN3O3. The Hall–Kier alpha value is -2.42. The van der Waals surface area contributed by atoms with Crippen LogP contribution in [0.3, 0.4) is 0 Å². The van der Waals surface area contributed by atoms with E-state index in [1.54, 1.807) is 29.2 Å². The number of nitrogens with zero attached hydrogens (tertiary/aromatic N) is 1. The van der Waals surface area contributed by atoms with Gasteiger partial charge in [-0.25, -0.2) is 0 Å². The van der Waals surface area contributed by atoms with Crippen molar-refractivity contribution in [3.63, 3.8) is 0 Å². The zero-order valence-electron chi connectivity index (χ0n) is 14.2. The summed E-state index contributed by atoms with van der Waals surface area (Å²) in [6.07, 6.45) is 0.184. The Balaban J connectivity index is 1.65. The van der Waals surface area contributed by atoms with Crippen molar-refractivity contribution in [2.45, 2.75) is 13.3 Å². The van der Waals surface area contributed by atoms with E-state index in [0.717, 1.165) is 9.26 Å². The molecule has 6 nitrogen and oxygen atoms in total. The molecule has 7 heteroatoms. The van der Waals surface area contributed by atoms with Crippen LogP contribution in [0.15, 0.2) is 48.5 Å². The molecule has 1 atom stereocenters. The number of amides is 3. The summed E-state index contributed by atoms with van der Waals surface area (Å²) in [6, 6.07) is 14.5. The first-order valence-corrected chi connectivity index (χ1v) is 9.25. The smallest absolute Gasteiger partial charge is 0.229 e. The Morgan fingerprint density at radius 1 is 1.00 bits per heavy atom. The van der Waals surface area contributed by atoms with Crippen LogP contribution in [0.5, 0.6) is 0 Å². The van der Waals surface area contributed by atoms with Gasteiger partial charge >= 0.3 is 0 Å². The van der Waals surface area contributed by atoms with Crippen LogP contribution in [0.2, 0.25) is 0 Å². The zero-order chi connectivity index (χ0) is 18.7. The van der Waals surface area contributed by atoms with Crippen molar-refractivity contribution in [3.8, 4) is 0 Å². The normalized spacial score (nSPS) is 16.5. The van der Waals surface area contributed by atoms with Crippen molar-refractivity contribution in [1.29, 1.82) is 0 Å². The third-order valence-corrected chi connectivity index (χ3v) is 4.83. The molecule has 0 aromatic heterocycles. The number of benzene rings is 2. The molecular weight excluding hydrogens is 445 g/mol. The van der Waals surface area contributed by atoms with Crippen LogP contribution in [0.25, 0.3) is 0 Å². The monoisotopic (exact) mass is 463 g/mol. The molecule has 3 amide bonds. The summed E-state index contributed by atoms with van der Waals surface area (Å²) in [5, 5.41) is 5.55. The standard InChI is InChI=1S/C19H18IN3O3/c1-12(24)21-15-6-8-17(9-7-15)23-11-13(10-18(23)25)19(26)22-16-4-2-14(20)3-5-16/h2-9,13H,10-11H2,1H3,(H,21,24)(H,22,26). The molecule has 1 aliphatic heterocycles. The predicted molar refractivity (Wildman–Crippen MR) is 109 cm³/mol. The molecule has 1 fully saturated rings. The van der Waals surface area contributed by atoms with Gasteiger partial charge in [0.1, 0.15) is 0 Å². The quantitative estimate of drug-likeness (QED) is 0.684. The maximum absolute atomic E-state index is 12.5. The molecule has 0 bridgehead atoms. The molecule has 0 saturated carbocycles. The number of hydrogen-bond donors (Lipinski definition) is 2. The minimum absolute atomic E-state index is 0.0833. The van der Waals surface area contributed by atoms with Gasteiger partial charge in [-0.1, -0.05) is 0 Å². The highest BCUT2D eigenvalue weighted by molar-refractivity contribution is 14.1. The third-order valence-electron chi connectivity index (χ3n) is 4.11. The summed E-state index contributed by atoms with van der Waals surface area (Å²) in [7, 11) is 0. The first kappa shape index (κ1) is 18.4. The van der Waals surface area contributed by atoms with Gasteiger partial charge in [0.25, 0.3) is 0 Å². The second-order valence-corrected chi connectivity index (χ2v) is 7.38. The Morgan fingerprint density at radius 2 is 1.58 bits per heavy atom. The third kappa shape index (κ3) is 4.40. The molecule has 134 valence electrons. The van der Waals surface area contributed by atoms with Gasteiger partial charge in [0.2, 0.25) is 17.7 Å². The van der Waals surface area contributed by atoms with Crippen molar-refractivity contribution < 1.29 is 14.4 Å². The molecule has 0 aliphatic carbocycles. The largest absolute Gasteiger partial charge is 0.326 e. The van der Waals surface area contributed by atoms with Crippen LogP contribution in [-0.4, -0.2) is 24.3 Å². The lowest BCUT2D eigenvalue weighted by Gasteiger charge is -2.17. The lowest BCUT2D eigenvalue weighted by Crippen LogP contribution is -2.28. The van der Waals surface area contributed by atoms with E-state index in [2.05, 4.69) is 33.2 Å². The number of nitrogens with one attached hydrogen (secondary N) is 2. The van der Waals surface area contributed by atoms with Crippen molar-refractivity contribution in [2.24, 2.45) is 5.92 Å². The average molecular weight is 463 g/mol. The van der Waals surface area contributed by atoms with Gasteiger partial charge in [0, 0.05) is 40.5 Å². The SMILES string of the molecule is CC(=O)Nc1ccc(N2CC(C(=O)Nc3ccc(I)cc3)CC2=O)cc1. The van der Waals surface area contributed by atoms with E-state index in [4.69, 9.17) is 0 Å². The Kier molecular flexibility index (Phi) is 5.55. The molecule has 0 spiro atoms. The fourth-order valence-corrected chi connectivity index (χ4v) is 3.20. The Morgan fingerprint density at radius 3 is 2.19 bits per heavy atom. The van der Waals surface area contributed by atoms with Crippen molar-refractivity contribution in [3.05, 3.63) is 52.1 Å². The first-order chi connectivity index (χ1) is 12.4. The van der Waals surface area contributed by atoms with Gasteiger partial charge in [0.05, 0.1) is 5.92 Å². The first-order valence-electron chi connectivity index (χ1n) is 8.17. The fourth-order valence-electron chi connectivity index (χ4n) is 2.84. The number of rotatable bonds is 4. The van der Waals surface area contributed by atoms with Gasteiger partial charge in [-0.3, -0.25) is 14.4 Å². The summed E-state index contributed by atoms with van der Waals surface area (Å²) < 4.78 is 1.09. The van der Waals surface area contributed by atoms with Gasteiger partial charge in [-0.05, 0) is 71.1 Å². The summed E-state index contributed by atoms with van der Waals surface area (Å²) in [5.41, 5.74) is 2.11. The van der Waals surface area contributed by atoms with Crippen LogP contribution in [0.4, 0.5) is 17.1 Å². The van der Waals surface area contributed by atoms with E-state index in [-0.39, 0.29) is 24.1 Å². The van der Waals surface area contributed by atoms with Crippen molar-refractivity contribution in [1.82, 2.24) is 0 Å². The lowest BCUT2D eigenvalue weighted by atomic mass is 10.1. The molecule has 1 unspecified atom stereocenters. The number of carbonyl (C=O) groups excluding carboxylic acids is 3. The molecule has 1 heterocycles. The topological polar surface area (TPSA) is 78.5 Å². The molecule has 26 heavy (non-hydrogen) atoms. The van der Waals surface area contributed by atoms with Gasteiger partial charge in [0.15, 0.2) is 0 Å². The van der Waals surface area contributed by atoms with E-state index >= 15 is 0 Å². The summed E-state index contributed by atoms with van der Waals surface area (Å²) in [5.74, 6) is -0.781. The van der Waals surface area contributed by atoms with Crippen LogP contribution < -0.4 is 15.5 Å². The molecule has 0 radical (unpaired) electrons. The second-order valence-electron chi connectivity index (χ2n) is 6.13. The van der Waals surface area contributed by atoms with E-state index in [1.807, 2.05) is 24.3 Å². The number of halogens is 1. The highest BCUT2D eigenvalue weighted by atomic mass is 127. The number of anilines is 3. The van der Waals surface area contributed by atoms with Gasteiger partial charge < -0.3 is 15.5 Å². The van der Waals surface area contributed by atoms with Crippen LogP contribution >= 0.6 is 22.6 Å². The average Bonchev–Trinajstić information content (AvgIpc) is 2.99. The number of hydrogen-bond acceptors (Lipinski definition) is 3. The minimum Gasteiger partial charge on any atom is -0.326 e.